The molecule has 0 aromatic heterocycles. The van der Waals surface area contributed by atoms with Crippen molar-refractivity contribution >= 4 is 11.9 Å². The molecule has 1 amide bonds. The van der Waals surface area contributed by atoms with Gasteiger partial charge in [0.25, 0.3) is 0 Å². The van der Waals surface area contributed by atoms with Crippen LogP contribution in [-0.2, 0) is 16.0 Å². The number of aryl methyl sites for hydroxylation is 1. The van der Waals surface area contributed by atoms with Gasteiger partial charge in [-0.2, -0.15) is 0 Å². The second-order valence-corrected chi connectivity index (χ2v) is 6.79. The number of carboxylic acid groups (broad SMARTS) is 1. The van der Waals surface area contributed by atoms with Crippen molar-refractivity contribution in [3.63, 3.8) is 0 Å². The second kappa shape index (κ2) is 10.0. The molecule has 1 aliphatic rings. The summed E-state index contributed by atoms with van der Waals surface area (Å²) in [5, 5.41) is 12.5. The van der Waals surface area contributed by atoms with Crippen LogP contribution in [0, 0.1) is 5.92 Å². The van der Waals surface area contributed by atoms with Crippen LogP contribution in [0.5, 0.6) is 11.5 Å². The molecule has 2 atom stereocenters. The number of carbonyl (C=O) groups is 2. The molecule has 0 heterocycles. The van der Waals surface area contributed by atoms with Crippen molar-refractivity contribution < 1.29 is 24.2 Å². The number of methoxy groups -OCH3 is 2. The Kier molecular flexibility index (Phi) is 7.75. The van der Waals surface area contributed by atoms with Gasteiger partial charge in [-0.25, -0.2) is 0 Å². The summed E-state index contributed by atoms with van der Waals surface area (Å²) in [5.41, 5.74) is 0.898. The summed E-state index contributed by atoms with van der Waals surface area (Å²) in [6, 6.07) is 5.21. The van der Waals surface area contributed by atoms with E-state index in [4.69, 9.17) is 9.47 Å². The van der Waals surface area contributed by atoms with Crippen LogP contribution in [0.25, 0.3) is 0 Å². The first kappa shape index (κ1) is 20.1. The maximum Gasteiger partial charge on any atom is 0.308 e. The molecule has 1 fully saturated rings. The summed E-state index contributed by atoms with van der Waals surface area (Å²) in [7, 11) is 3.19. The van der Waals surface area contributed by atoms with Gasteiger partial charge >= 0.3 is 5.97 Å². The standard InChI is InChI=1S/C20H29NO5/c1-25-15-10-11-18(26-2)14(13-15)9-12-19(22)21-17-8-6-4-3-5-7-16(17)20(23)24/h10-11,13,16-17H,3-9,12H2,1-2H3,(H,21,22)(H,23,24). The van der Waals surface area contributed by atoms with Crippen LogP contribution in [0.4, 0.5) is 0 Å². The Labute approximate surface area is 154 Å². The summed E-state index contributed by atoms with van der Waals surface area (Å²) in [5.74, 6) is 0.00380. The van der Waals surface area contributed by atoms with Gasteiger partial charge in [0.05, 0.1) is 20.1 Å². The first-order chi connectivity index (χ1) is 12.5. The van der Waals surface area contributed by atoms with E-state index >= 15 is 0 Å². The van der Waals surface area contributed by atoms with E-state index in [1.807, 2.05) is 18.2 Å². The largest absolute Gasteiger partial charge is 0.497 e. The molecular formula is C20H29NO5. The Balaban J connectivity index is 1.97. The number of benzene rings is 1. The lowest BCUT2D eigenvalue weighted by molar-refractivity contribution is -0.143. The van der Waals surface area contributed by atoms with Crippen LogP contribution in [0.1, 0.15) is 50.5 Å². The Morgan fingerprint density at radius 2 is 1.85 bits per heavy atom. The monoisotopic (exact) mass is 363 g/mol. The number of ether oxygens (including phenoxy) is 2. The van der Waals surface area contributed by atoms with Gasteiger partial charge in [-0.15, -0.1) is 0 Å². The van der Waals surface area contributed by atoms with E-state index in [1.165, 1.54) is 0 Å². The molecule has 0 bridgehead atoms. The summed E-state index contributed by atoms with van der Waals surface area (Å²) in [4.78, 5) is 24.0. The first-order valence-electron chi connectivity index (χ1n) is 9.28. The molecule has 1 saturated carbocycles. The number of carboxylic acids is 1. The van der Waals surface area contributed by atoms with E-state index in [0.717, 1.165) is 37.7 Å². The molecular weight excluding hydrogens is 334 g/mol. The zero-order valence-corrected chi connectivity index (χ0v) is 15.6. The maximum atomic E-state index is 12.4. The fourth-order valence-corrected chi connectivity index (χ4v) is 3.56. The van der Waals surface area contributed by atoms with Crippen LogP contribution in [0.3, 0.4) is 0 Å². The molecule has 2 unspecified atom stereocenters. The molecule has 0 radical (unpaired) electrons. The lowest BCUT2D eigenvalue weighted by Crippen LogP contribution is -2.44. The minimum absolute atomic E-state index is 0.119. The van der Waals surface area contributed by atoms with Gasteiger partial charge in [0.1, 0.15) is 11.5 Å². The summed E-state index contributed by atoms with van der Waals surface area (Å²) in [6.07, 6.45) is 6.18. The summed E-state index contributed by atoms with van der Waals surface area (Å²) >= 11 is 0. The number of nitrogens with one attached hydrogen (secondary N) is 1. The van der Waals surface area contributed by atoms with E-state index in [9.17, 15) is 14.7 Å². The van der Waals surface area contributed by atoms with Crippen LogP contribution >= 0.6 is 0 Å². The molecule has 0 aliphatic heterocycles. The lowest BCUT2D eigenvalue weighted by atomic mass is 9.86. The molecule has 26 heavy (non-hydrogen) atoms. The van der Waals surface area contributed by atoms with E-state index in [-0.39, 0.29) is 18.4 Å². The molecule has 144 valence electrons. The first-order valence-corrected chi connectivity index (χ1v) is 9.28. The molecule has 6 nitrogen and oxygen atoms in total. The van der Waals surface area contributed by atoms with Crippen LogP contribution in [0.15, 0.2) is 18.2 Å². The van der Waals surface area contributed by atoms with E-state index < -0.39 is 11.9 Å². The van der Waals surface area contributed by atoms with Gasteiger partial charge in [-0.05, 0) is 43.0 Å². The highest BCUT2D eigenvalue weighted by atomic mass is 16.5. The third-order valence-corrected chi connectivity index (χ3v) is 5.04. The summed E-state index contributed by atoms with van der Waals surface area (Å²) in [6.45, 7) is 0. The highest BCUT2D eigenvalue weighted by molar-refractivity contribution is 5.78. The quantitative estimate of drug-likeness (QED) is 0.777. The van der Waals surface area contributed by atoms with Gasteiger partial charge in [0.2, 0.25) is 5.91 Å². The second-order valence-electron chi connectivity index (χ2n) is 6.79. The van der Waals surface area contributed by atoms with Crippen molar-refractivity contribution in [1.82, 2.24) is 5.32 Å². The van der Waals surface area contributed by atoms with E-state index in [0.29, 0.717) is 24.3 Å². The van der Waals surface area contributed by atoms with Crippen LogP contribution < -0.4 is 14.8 Å². The maximum absolute atomic E-state index is 12.4. The van der Waals surface area contributed by atoms with Crippen LogP contribution in [0.2, 0.25) is 0 Å². The zero-order chi connectivity index (χ0) is 18.9. The SMILES string of the molecule is COc1ccc(OC)c(CCC(=O)NC2CCCCCCC2C(=O)O)c1. The smallest absolute Gasteiger partial charge is 0.308 e. The number of rotatable bonds is 7. The lowest BCUT2D eigenvalue weighted by Gasteiger charge is -2.27. The average Bonchev–Trinajstić information content (AvgIpc) is 2.61. The topological polar surface area (TPSA) is 84.9 Å². The molecule has 6 heteroatoms. The fraction of sp³-hybridized carbons (Fsp3) is 0.600. The van der Waals surface area contributed by atoms with Gasteiger partial charge in [0.15, 0.2) is 0 Å². The Morgan fingerprint density at radius 1 is 1.12 bits per heavy atom. The van der Waals surface area contributed by atoms with Crippen molar-refractivity contribution in [2.45, 2.75) is 57.4 Å². The highest BCUT2D eigenvalue weighted by Crippen LogP contribution is 2.26. The number of amides is 1. The number of hydrogen-bond donors (Lipinski definition) is 2. The minimum Gasteiger partial charge on any atom is -0.497 e. The fourth-order valence-electron chi connectivity index (χ4n) is 3.56. The van der Waals surface area contributed by atoms with Crippen molar-refractivity contribution in [2.24, 2.45) is 5.92 Å². The Morgan fingerprint density at radius 3 is 2.50 bits per heavy atom. The number of carbonyl (C=O) groups excluding carboxylic acids is 1. The van der Waals surface area contributed by atoms with Gasteiger partial charge in [0, 0.05) is 12.5 Å². The highest BCUT2D eigenvalue weighted by Gasteiger charge is 2.29. The van der Waals surface area contributed by atoms with Crippen molar-refractivity contribution in [1.29, 1.82) is 0 Å². The normalized spacial score (nSPS) is 20.5. The average molecular weight is 363 g/mol. The zero-order valence-electron chi connectivity index (χ0n) is 15.6. The summed E-state index contributed by atoms with van der Waals surface area (Å²) < 4.78 is 10.6. The van der Waals surface area contributed by atoms with Gasteiger partial charge in [-0.1, -0.05) is 25.7 Å². The van der Waals surface area contributed by atoms with Gasteiger partial charge in [-0.3, -0.25) is 9.59 Å². The molecule has 1 aromatic carbocycles. The van der Waals surface area contributed by atoms with Crippen molar-refractivity contribution in [2.75, 3.05) is 14.2 Å². The van der Waals surface area contributed by atoms with E-state index in [2.05, 4.69) is 5.32 Å². The van der Waals surface area contributed by atoms with E-state index in [1.54, 1.807) is 14.2 Å². The molecule has 0 saturated heterocycles. The number of aliphatic carboxylic acids is 1. The Bertz CT molecular complexity index is 616. The predicted molar refractivity (Wildman–Crippen MR) is 98.6 cm³/mol. The molecule has 2 N–H and O–H groups in total. The van der Waals surface area contributed by atoms with Crippen molar-refractivity contribution in [3.8, 4) is 11.5 Å². The molecule has 1 aliphatic carbocycles. The molecule has 2 rings (SSSR count). The third kappa shape index (κ3) is 5.64. The Hall–Kier alpha value is -2.24. The van der Waals surface area contributed by atoms with Crippen molar-refractivity contribution in [3.05, 3.63) is 23.8 Å². The number of hydrogen-bond acceptors (Lipinski definition) is 4. The molecule has 0 spiro atoms. The minimum atomic E-state index is -0.813. The van der Waals surface area contributed by atoms with Crippen LogP contribution in [-0.4, -0.2) is 37.2 Å². The predicted octanol–water partition coefficient (Wildman–Crippen LogP) is 3.18. The van der Waals surface area contributed by atoms with Gasteiger partial charge < -0.3 is 19.9 Å². The third-order valence-electron chi connectivity index (χ3n) is 5.04. The molecule has 1 aromatic rings.